The Morgan fingerprint density at radius 2 is 1.91 bits per heavy atom. The number of carbonyl (C=O) groups excluding carboxylic acids is 2. The first kappa shape index (κ1) is 17.1. The van der Waals surface area contributed by atoms with Crippen LogP contribution >= 0.6 is 11.8 Å². The second-order valence-electron chi connectivity index (χ2n) is 5.18. The number of hydrogen-bond acceptors (Lipinski definition) is 5. The third-order valence-corrected chi connectivity index (χ3v) is 4.19. The van der Waals surface area contributed by atoms with E-state index in [0.29, 0.717) is 11.6 Å². The molecule has 6 nitrogen and oxygen atoms in total. The third-order valence-electron chi connectivity index (χ3n) is 3.05. The molecule has 1 aromatic carbocycles. The number of aromatic nitrogens is 1. The number of amides is 2. The van der Waals surface area contributed by atoms with Gasteiger partial charge in [-0.2, -0.15) is 0 Å². The molecule has 0 radical (unpaired) electrons. The van der Waals surface area contributed by atoms with Gasteiger partial charge in [-0.3, -0.25) is 9.59 Å². The molecule has 0 saturated heterocycles. The van der Waals surface area contributed by atoms with Gasteiger partial charge in [0.05, 0.1) is 11.0 Å². The average molecular weight is 333 g/mol. The summed E-state index contributed by atoms with van der Waals surface area (Å²) in [7, 11) is 0. The molecule has 1 atom stereocenters. The first-order valence-corrected chi connectivity index (χ1v) is 8.21. The highest BCUT2D eigenvalue weighted by atomic mass is 32.2. The van der Waals surface area contributed by atoms with Gasteiger partial charge < -0.3 is 15.2 Å². The maximum absolute atomic E-state index is 12.0. The minimum atomic E-state index is -0.379. The molecule has 0 unspecified atom stereocenters. The fourth-order valence-corrected chi connectivity index (χ4v) is 2.45. The van der Waals surface area contributed by atoms with Gasteiger partial charge in [-0.05, 0) is 32.9 Å². The van der Waals surface area contributed by atoms with E-state index in [-0.39, 0.29) is 22.8 Å². The van der Waals surface area contributed by atoms with Crippen LogP contribution in [0.4, 0.5) is 11.5 Å². The second kappa shape index (κ2) is 7.82. The summed E-state index contributed by atoms with van der Waals surface area (Å²) in [6.45, 7) is 5.47. The summed E-state index contributed by atoms with van der Waals surface area (Å²) < 4.78 is 4.88. The molecule has 2 rings (SSSR count). The molecule has 0 spiro atoms. The lowest BCUT2D eigenvalue weighted by atomic mass is 10.2. The Labute approximate surface area is 139 Å². The summed E-state index contributed by atoms with van der Waals surface area (Å²) in [4.78, 5) is 23.9. The van der Waals surface area contributed by atoms with Crippen LogP contribution in [0, 0.1) is 13.8 Å². The highest BCUT2D eigenvalue weighted by molar-refractivity contribution is 8.01. The molecule has 7 heteroatoms. The van der Waals surface area contributed by atoms with Gasteiger partial charge >= 0.3 is 0 Å². The standard InChI is InChI=1S/C16H19N3O3S/c1-10-4-6-13(7-5-10)17-15(20)9-23-12(3)16(21)18-14-8-11(2)22-19-14/h4-8,12H,9H2,1-3H3,(H,17,20)(H,18,19,21)/t12-/m0/s1. The lowest BCUT2D eigenvalue weighted by Crippen LogP contribution is -2.25. The van der Waals surface area contributed by atoms with E-state index in [4.69, 9.17) is 4.52 Å². The summed E-state index contributed by atoms with van der Waals surface area (Å²) in [6.07, 6.45) is 0. The minimum absolute atomic E-state index is 0.143. The molecule has 0 aliphatic rings. The molecular formula is C16H19N3O3S. The van der Waals surface area contributed by atoms with Gasteiger partial charge in [0.15, 0.2) is 5.82 Å². The quantitative estimate of drug-likeness (QED) is 0.849. The molecule has 122 valence electrons. The number of rotatable bonds is 6. The van der Waals surface area contributed by atoms with Crippen LogP contribution in [-0.2, 0) is 9.59 Å². The minimum Gasteiger partial charge on any atom is -0.360 e. The number of anilines is 2. The van der Waals surface area contributed by atoms with Crippen molar-refractivity contribution in [3.8, 4) is 0 Å². The van der Waals surface area contributed by atoms with E-state index in [0.717, 1.165) is 11.3 Å². The summed E-state index contributed by atoms with van der Waals surface area (Å²) in [5.74, 6) is 0.838. The predicted molar refractivity (Wildman–Crippen MR) is 91.6 cm³/mol. The summed E-state index contributed by atoms with van der Waals surface area (Å²) >= 11 is 1.26. The van der Waals surface area contributed by atoms with E-state index in [1.807, 2.05) is 31.2 Å². The van der Waals surface area contributed by atoms with Gasteiger partial charge in [0.1, 0.15) is 5.76 Å². The third kappa shape index (κ3) is 5.45. The smallest absolute Gasteiger partial charge is 0.238 e. The predicted octanol–water partition coefficient (Wildman–Crippen LogP) is 2.99. The highest BCUT2D eigenvalue weighted by Crippen LogP contribution is 2.15. The zero-order chi connectivity index (χ0) is 16.8. The molecule has 2 aromatic rings. The van der Waals surface area contributed by atoms with E-state index >= 15 is 0 Å². The van der Waals surface area contributed by atoms with Crippen molar-refractivity contribution in [3.05, 3.63) is 41.7 Å². The van der Waals surface area contributed by atoms with E-state index in [1.54, 1.807) is 19.9 Å². The topological polar surface area (TPSA) is 84.2 Å². The molecule has 1 aromatic heterocycles. The monoisotopic (exact) mass is 333 g/mol. The van der Waals surface area contributed by atoms with Gasteiger partial charge in [0, 0.05) is 11.8 Å². The van der Waals surface area contributed by atoms with Crippen LogP contribution in [0.15, 0.2) is 34.9 Å². The molecule has 0 saturated carbocycles. The fraction of sp³-hybridized carbons (Fsp3) is 0.312. The Kier molecular flexibility index (Phi) is 5.81. The Morgan fingerprint density at radius 1 is 1.22 bits per heavy atom. The number of nitrogens with one attached hydrogen (secondary N) is 2. The zero-order valence-electron chi connectivity index (χ0n) is 13.3. The van der Waals surface area contributed by atoms with Crippen molar-refractivity contribution in [1.82, 2.24) is 5.16 Å². The number of hydrogen-bond donors (Lipinski definition) is 2. The normalized spacial score (nSPS) is 11.8. The highest BCUT2D eigenvalue weighted by Gasteiger charge is 2.16. The van der Waals surface area contributed by atoms with E-state index in [2.05, 4.69) is 15.8 Å². The second-order valence-corrected chi connectivity index (χ2v) is 6.51. The van der Waals surface area contributed by atoms with Crippen molar-refractivity contribution < 1.29 is 14.1 Å². The summed E-state index contributed by atoms with van der Waals surface area (Å²) in [6, 6.07) is 9.19. The van der Waals surface area contributed by atoms with Gasteiger partial charge in [0.25, 0.3) is 0 Å². The maximum atomic E-state index is 12.0. The van der Waals surface area contributed by atoms with E-state index in [1.165, 1.54) is 11.8 Å². The molecule has 0 aliphatic carbocycles. The van der Waals surface area contributed by atoms with Crippen molar-refractivity contribution in [2.45, 2.75) is 26.0 Å². The lowest BCUT2D eigenvalue weighted by Gasteiger charge is -2.10. The molecular weight excluding hydrogens is 314 g/mol. The van der Waals surface area contributed by atoms with Crippen molar-refractivity contribution in [1.29, 1.82) is 0 Å². The molecule has 0 fully saturated rings. The summed E-state index contributed by atoms with van der Waals surface area (Å²) in [5.41, 5.74) is 1.88. The number of nitrogens with zero attached hydrogens (tertiary/aromatic N) is 1. The average Bonchev–Trinajstić information content (AvgIpc) is 2.92. The number of aryl methyl sites for hydroxylation is 2. The zero-order valence-corrected chi connectivity index (χ0v) is 14.1. The van der Waals surface area contributed by atoms with Crippen LogP contribution in [-0.4, -0.2) is 28.0 Å². The Balaban J connectivity index is 1.76. The molecule has 2 amide bonds. The van der Waals surface area contributed by atoms with Crippen LogP contribution in [0.1, 0.15) is 18.2 Å². The molecule has 0 aliphatic heterocycles. The van der Waals surface area contributed by atoms with Crippen LogP contribution in [0.25, 0.3) is 0 Å². The van der Waals surface area contributed by atoms with Crippen molar-refractivity contribution in [2.75, 3.05) is 16.4 Å². The molecule has 1 heterocycles. The van der Waals surface area contributed by atoms with Crippen molar-refractivity contribution in [3.63, 3.8) is 0 Å². The van der Waals surface area contributed by atoms with Crippen LogP contribution in [0.5, 0.6) is 0 Å². The van der Waals surface area contributed by atoms with Crippen molar-refractivity contribution >= 4 is 35.1 Å². The Bertz CT molecular complexity index is 682. The van der Waals surface area contributed by atoms with Crippen LogP contribution in [0.3, 0.4) is 0 Å². The molecule has 23 heavy (non-hydrogen) atoms. The van der Waals surface area contributed by atoms with Crippen LogP contribution in [0.2, 0.25) is 0 Å². The number of thioether (sulfide) groups is 1. The lowest BCUT2D eigenvalue weighted by molar-refractivity contribution is -0.115. The molecule has 2 N–H and O–H groups in total. The first-order chi connectivity index (χ1) is 10.9. The van der Waals surface area contributed by atoms with Gasteiger partial charge in [-0.15, -0.1) is 11.8 Å². The van der Waals surface area contributed by atoms with E-state index in [9.17, 15) is 9.59 Å². The Hall–Kier alpha value is -2.28. The summed E-state index contributed by atoms with van der Waals surface area (Å²) in [5, 5.41) is 8.77. The Morgan fingerprint density at radius 3 is 2.52 bits per heavy atom. The van der Waals surface area contributed by atoms with Gasteiger partial charge in [0.2, 0.25) is 11.8 Å². The van der Waals surface area contributed by atoms with Crippen LogP contribution < -0.4 is 10.6 Å². The molecule has 0 bridgehead atoms. The maximum Gasteiger partial charge on any atom is 0.238 e. The number of carbonyl (C=O) groups is 2. The van der Waals surface area contributed by atoms with Crippen molar-refractivity contribution in [2.24, 2.45) is 0 Å². The van der Waals surface area contributed by atoms with E-state index < -0.39 is 0 Å². The van der Waals surface area contributed by atoms with Gasteiger partial charge in [-0.1, -0.05) is 22.9 Å². The fourth-order valence-electron chi connectivity index (χ4n) is 1.76. The SMILES string of the molecule is Cc1ccc(NC(=O)CS[C@@H](C)C(=O)Nc2cc(C)on2)cc1. The first-order valence-electron chi connectivity index (χ1n) is 7.16. The number of benzene rings is 1. The largest absolute Gasteiger partial charge is 0.360 e. The van der Waals surface area contributed by atoms with Gasteiger partial charge in [-0.25, -0.2) is 0 Å².